The van der Waals surface area contributed by atoms with E-state index >= 15 is 0 Å². The third-order valence-electron chi connectivity index (χ3n) is 4.44. The van der Waals surface area contributed by atoms with Crippen LogP contribution in [0, 0.1) is 11.6 Å². The van der Waals surface area contributed by atoms with Crippen LogP contribution in [-0.4, -0.2) is 31.0 Å². The lowest BCUT2D eigenvalue weighted by Gasteiger charge is -2.22. The van der Waals surface area contributed by atoms with Gasteiger partial charge in [-0.3, -0.25) is 9.20 Å². The summed E-state index contributed by atoms with van der Waals surface area (Å²) >= 11 is 0. The number of benzene rings is 1. The molecule has 0 unspecified atom stereocenters. The van der Waals surface area contributed by atoms with Gasteiger partial charge in [0, 0.05) is 30.4 Å². The molecule has 6 nitrogen and oxygen atoms in total. The Morgan fingerprint density at radius 2 is 2.04 bits per heavy atom. The van der Waals surface area contributed by atoms with Crippen LogP contribution in [0.5, 0.6) is 0 Å². The third-order valence-corrected chi connectivity index (χ3v) is 4.44. The highest BCUT2D eigenvalue weighted by Gasteiger charge is 2.33. The molecule has 8 heteroatoms. The molecule has 1 saturated carbocycles. The predicted molar refractivity (Wildman–Crippen MR) is 89.4 cm³/mol. The Hall–Kier alpha value is -3.03. The number of carbonyl (C=O) groups is 1. The Morgan fingerprint density at radius 1 is 1.23 bits per heavy atom. The molecule has 0 spiro atoms. The maximum Gasteiger partial charge on any atom is 0.350 e. The molecule has 1 amide bonds. The van der Waals surface area contributed by atoms with Crippen molar-refractivity contribution in [1.82, 2.24) is 19.1 Å². The summed E-state index contributed by atoms with van der Waals surface area (Å²) in [6.45, 7) is -0.183. The van der Waals surface area contributed by atoms with Gasteiger partial charge in [0.1, 0.15) is 18.2 Å². The molecule has 0 bridgehead atoms. The second-order valence-electron chi connectivity index (χ2n) is 6.36. The Kier molecular flexibility index (Phi) is 4.02. The van der Waals surface area contributed by atoms with Gasteiger partial charge in [-0.25, -0.2) is 18.3 Å². The van der Waals surface area contributed by atoms with E-state index in [1.54, 1.807) is 24.4 Å². The minimum atomic E-state index is -0.687. The van der Waals surface area contributed by atoms with E-state index in [1.165, 1.54) is 21.4 Å². The van der Waals surface area contributed by atoms with Crippen LogP contribution in [-0.2, 0) is 17.9 Å². The first-order valence-electron chi connectivity index (χ1n) is 8.30. The van der Waals surface area contributed by atoms with Crippen LogP contribution < -0.4 is 5.69 Å². The van der Waals surface area contributed by atoms with Gasteiger partial charge in [-0.2, -0.15) is 0 Å². The number of rotatable bonds is 5. The highest BCUT2D eigenvalue weighted by Crippen LogP contribution is 2.29. The van der Waals surface area contributed by atoms with Crippen molar-refractivity contribution in [2.24, 2.45) is 0 Å². The first-order chi connectivity index (χ1) is 12.5. The Labute approximate surface area is 147 Å². The Morgan fingerprint density at radius 3 is 2.73 bits per heavy atom. The summed E-state index contributed by atoms with van der Waals surface area (Å²) in [7, 11) is 0. The van der Waals surface area contributed by atoms with E-state index in [-0.39, 0.29) is 30.6 Å². The van der Waals surface area contributed by atoms with Crippen LogP contribution in [0.3, 0.4) is 0 Å². The standard InChI is InChI=1S/C18H16F2N4O2/c19-13-5-4-12(15(20)9-13)10-23(14-6-7-14)17(25)11-24-18(26)22-8-2-1-3-16(22)21-24/h1-5,8-9,14H,6-7,10-11H2. The molecule has 2 heterocycles. The van der Waals surface area contributed by atoms with Crippen LogP contribution in [0.15, 0.2) is 47.4 Å². The second kappa shape index (κ2) is 6.36. The Balaban J connectivity index is 1.57. The zero-order chi connectivity index (χ0) is 18.3. The van der Waals surface area contributed by atoms with Crippen molar-refractivity contribution in [2.75, 3.05) is 0 Å². The molecule has 0 N–H and O–H groups in total. The van der Waals surface area contributed by atoms with E-state index in [0.717, 1.165) is 23.6 Å². The summed E-state index contributed by atoms with van der Waals surface area (Å²) in [5.41, 5.74) is 0.291. The van der Waals surface area contributed by atoms with Gasteiger partial charge >= 0.3 is 5.69 Å². The predicted octanol–water partition coefficient (Wildman–Crippen LogP) is 1.97. The van der Waals surface area contributed by atoms with E-state index in [4.69, 9.17) is 0 Å². The van der Waals surface area contributed by atoms with Crippen molar-refractivity contribution < 1.29 is 13.6 Å². The summed E-state index contributed by atoms with van der Waals surface area (Å²) in [6, 6.07) is 8.45. The lowest BCUT2D eigenvalue weighted by atomic mass is 10.2. The lowest BCUT2D eigenvalue weighted by Crippen LogP contribution is -2.38. The minimum absolute atomic E-state index is 0.0136. The molecule has 0 aliphatic heterocycles. The summed E-state index contributed by atoms with van der Waals surface area (Å²) in [6.07, 6.45) is 3.24. The smallest absolute Gasteiger partial charge is 0.334 e. The molecule has 0 saturated heterocycles. The molecular weight excluding hydrogens is 342 g/mol. The first kappa shape index (κ1) is 16.4. The van der Waals surface area contributed by atoms with Gasteiger partial charge in [0.2, 0.25) is 5.91 Å². The van der Waals surface area contributed by atoms with Crippen LogP contribution in [0.4, 0.5) is 8.78 Å². The van der Waals surface area contributed by atoms with Crippen LogP contribution in [0.25, 0.3) is 5.65 Å². The third kappa shape index (κ3) is 3.10. The number of nitrogens with zero attached hydrogens (tertiary/aromatic N) is 4. The van der Waals surface area contributed by atoms with Crippen molar-refractivity contribution in [1.29, 1.82) is 0 Å². The molecule has 134 valence electrons. The average Bonchev–Trinajstić information content (AvgIpc) is 3.40. The van der Waals surface area contributed by atoms with Gasteiger partial charge in [-0.15, -0.1) is 5.10 Å². The van der Waals surface area contributed by atoms with Crippen molar-refractivity contribution in [3.8, 4) is 0 Å². The number of carbonyl (C=O) groups excluding carboxylic acids is 1. The molecule has 1 aromatic carbocycles. The number of pyridine rings is 1. The summed E-state index contributed by atoms with van der Waals surface area (Å²) < 4.78 is 29.5. The highest BCUT2D eigenvalue weighted by atomic mass is 19.1. The fraction of sp³-hybridized carbons (Fsp3) is 0.278. The zero-order valence-electron chi connectivity index (χ0n) is 13.8. The van der Waals surface area contributed by atoms with Gasteiger partial charge in [0.05, 0.1) is 0 Å². The van der Waals surface area contributed by atoms with Crippen LogP contribution in [0.1, 0.15) is 18.4 Å². The maximum absolute atomic E-state index is 13.9. The van der Waals surface area contributed by atoms with Gasteiger partial charge < -0.3 is 4.90 Å². The topological polar surface area (TPSA) is 59.6 Å². The van der Waals surface area contributed by atoms with E-state index < -0.39 is 17.3 Å². The van der Waals surface area contributed by atoms with Crippen molar-refractivity contribution in [2.45, 2.75) is 32.0 Å². The van der Waals surface area contributed by atoms with Gasteiger partial charge in [-0.05, 0) is 31.0 Å². The van der Waals surface area contributed by atoms with Crippen LogP contribution in [0.2, 0.25) is 0 Å². The molecule has 1 aliphatic rings. The largest absolute Gasteiger partial charge is 0.350 e. The van der Waals surface area contributed by atoms with E-state index in [2.05, 4.69) is 5.10 Å². The average molecular weight is 358 g/mol. The molecule has 26 heavy (non-hydrogen) atoms. The molecule has 0 atom stereocenters. The number of fused-ring (bicyclic) bond motifs is 1. The van der Waals surface area contributed by atoms with Gasteiger partial charge in [0.15, 0.2) is 5.65 Å². The Bertz CT molecular complexity index is 1040. The lowest BCUT2D eigenvalue weighted by molar-refractivity contribution is -0.133. The molecule has 2 aromatic heterocycles. The molecule has 1 fully saturated rings. The fourth-order valence-electron chi connectivity index (χ4n) is 2.93. The van der Waals surface area contributed by atoms with Crippen molar-refractivity contribution in [3.63, 3.8) is 0 Å². The zero-order valence-corrected chi connectivity index (χ0v) is 13.8. The summed E-state index contributed by atoms with van der Waals surface area (Å²) in [4.78, 5) is 26.6. The summed E-state index contributed by atoms with van der Waals surface area (Å²) in [5, 5.41) is 4.15. The summed E-state index contributed by atoms with van der Waals surface area (Å²) in [5.74, 6) is -1.66. The normalized spacial score (nSPS) is 13.9. The first-order valence-corrected chi connectivity index (χ1v) is 8.30. The monoisotopic (exact) mass is 358 g/mol. The van der Waals surface area contributed by atoms with Crippen molar-refractivity contribution in [3.05, 3.63) is 70.3 Å². The molecule has 1 aliphatic carbocycles. The van der Waals surface area contributed by atoms with Crippen LogP contribution >= 0.6 is 0 Å². The van der Waals surface area contributed by atoms with E-state index in [9.17, 15) is 18.4 Å². The van der Waals surface area contributed by atoms with Gasteiger partial charge in [-0.1, -0.05) is 12.1 Å². The maximum atomic E-state index is 13.9. The number of halogens is 2. The number of aromatic nitrogens is 3. The second-order valence-corrected chi connectivity index (χ2v) is 6.36. The highest BCUT2D eigenvalue weighted by molar-refractivity contribution is 5.76. The molecular formula is C18H16F2N4O2. The SMILES string of the molecule is O=C(Cn1nc2ccccn2c1=O)N(Cc1ccc(F)cc1F)C1CC1. The van der Waals surface area contributed by atoms with E-state index in [0.29, 0.717) is 5.65 Å². The number of hydrogen-bond donors (Lipinski definition) is 0. The molecule has 4 rings (SSSR count). The van der Waals surface area contributed by atoms with Crippen molar-refractivity contribution >= 4 is 11.6 Å². The number of amides is 1. The van der Waals surface area contributed by atoms with Gasteiger partial charge in [0.25, 0.3) is 0 Å². The fourth-order valence-corrected chi connectivity index (χ4v) is 2.93. The minimum Gasteiger partial charge on any atom is -0.334 e. The molecule has 0 radical (unpaired) electrons. The molecule has 3 aromatic rings. The number of hydrogen-bond acceptors (Lipinski definition) is 3. The quantitative estimate of drug-likeness (QED) is 0.701. The van der Waals surface area contributed by atoms with E-state index in [1.807, 2.05) is 0 Å².